The minimum atomic E-state index is -0.335. The smallest absolute Gasteiger partial charge is 0.263 e. The van der Waals surface area contributed by atoms with E-state index in [1.165, 1.54) is 12.6 Å². The van der Waals surface area contributed by atoms with Gasteiger partial charge in [-0.25, -0.2) is 4.98 Å². The molecule has 2 unspecified atom stereocenters. The summed E-state index contributed by atoms with van der Waals surface area (Å²) >= 11 is 0. The molecule has 1 aromatic heterocycles. The van der Waals surface area contributed by atoms with Crippen LogP contribution in [0.2, 0.25) is 0 Å². The maximum absolute atomic E-state index is 12.3. The van der Waals surface area contributed by atoms with E-state index in [0.717, 1.165) is 19.5 Å². The lowest BCUT2D eigenvalue weighted by Crippen LogP contribution is -2.35. The van der Waals surface area contributed by atoms with Crippen LogP contribution in [-0.2, 0) is 0 Å². The molecule has 2 atom stereocenters. The number of fused-ring (bicyclic) bond motifs is 1. The van der Waals surface area contributed by atoms with Crippen molar-refractivity contribution in [3.63, 3.8) is 0 Å². The van der Waals surface area contributed by atoms with E-state index in [1.807, 2.05) is 0 Å². The number of piperidine rings is 1. The molecule has 0 spiro atoms. The van der Waals surface area contributed by atoms with Crippen LogP contribution in [-0.4, -0.2) is 33.9 Å². The summed E-state index contributed by atoms with van der Waals surface area (Å²) in [6, 6.07) is 0. The number of aromatic nitrogens is 2. The fourth-order valence-corrected chi connectivity index (χ4v) is 3.10. The normalized spacial score (nSPS) is 29.2. The summed E-state index contributed by atoms with van der Waals surface area (Å²) in [4.78, 5) is 32.4. The highest BCUT2D eigenvalue weighted by Crippen LogP contribution is 2.59. The molecule has 5 heteroatoms. The number of aryl methyl sites for hydroxylation is 1. The summed E-state index contributed by atoms with van der Waals surface area (Å²) in [5.74, 6) is 0.999. The Kier molecular flexibility index (Phi) is 2.33. The van der Waals surface area contributed by atoms with E-state index in [-0.39, 0.29) is 17.0 Å². The minimum absolute atomic E-state index is 0.160. The lowest BCUT2D eigenvalue weighted by molar-refractivity contribution is 0.0761. The molecular weight excluding hydrogens is 230 g/mol. The van der Waals surface area contributed by atoms with Crippen molar-refractivity contribution in [1.29, 1.82) is 0 Å². The zero-order chi connectivity index (χ0) is 12.9. The van der Waals surface area contributed by atoms with Gasteiger partial charge < -0.3 is 9.88 Å². The van der Waals surface area contributed by atoms with E-state index in [9.17, 15) is 9.59 Å². The molecule has 0 aromatic carbocycles. The number of aromatic amines is 1. The summed E-state index contributed by atoms with van der Waals surface area (Å²) in [6.07, 6.45) is 3.73. The molecule has 96 valence electrons. The van der Waals surface area contributed by atoms with Gasteiger partial charge >= 0.3 is 0 Å². The molecule has 0 radical (unpaired) electrons. The number of hydrogen-bond donors (Lipinski definition) is 1. The Morgan fingerprint density at radius 1 is 1.67 bits per heavy atom. The van der Waals surface area contributed by atoms with Crippen molar-refractivity contribution in [1.82, 2.24) is 14.9 Å². The van der Waals surface area contributed by atoms with Gasteiger partial charge in [-0.05, 0) is 31.1 Å². The number of rotatable bonds is 2. The SMILES string of the molecule is CCC12CC1CN(C(=O)c1cnc(C)[nH]c1=O)C2. The second kappa shape index (κ2) is 3.67. The lowest BCUT2D eigenvalue weighted by Gasteiger charge is -2.20. The monoisotopic (exact) mass is 247 g/mol. The molecule has 1 N–H and O–H groups in total. The molecule has 2 fully saturated rings. The average molecular weight is 247 g/mol. The Morgan fingerprint density at radius 2 is 2.44 bits per heavy atom. The first-order valence-corrected chi connectivity index (χ1v) is 6.41. The third-order valence-electron chi connectivity index (χ3n) is 4.45. The Morgan fingerprint density at radius 3 is 3.06 bits per heavy atom. The van der Waals surface area contributed by atoms with Gasteiger partial charge in [-0.3, -0.25) is 9.59 Å². The average Bonchev–Trinajstić information content (AvgIpc) is 2.91. The summed E-state index contributed by atoms with van der Waals surface area (Å²) in [7, 11) is 0. The highest BCUT2D eigenvalue weighted by Gasteiger charge is 2.59. The molecule has 2 heterocycles. The molecule has 3 rings (SSSR count). The molecule has 2 aliphatic rings. The molecule has 5 nitrogen and oxygen atoms in total. The van der Waals surface area contributed by atoms with E-state index < -0.39 is 0 Å². The van der Waals surface area contributed by atoms with Gasteiger partial charge in [0, 0.05) is 19.3 Å². The Labute approximate surface area is 105 Å². The van der Waals surface area contributed by atoms with E-state index in [4.69, 9.17) is 0 Å². The number of H-pyrrole nitrogens is 1. The van der Waals surface area contributed by atoms with Crippen molar-refractivity contribution in [3.8, 4) is 0 Å². The molecular formula is C13H17N3O2. The van der Waals surface area contributed by atoms with Crippen LogP contribution in [0.15, 0.2) is 11.0 Å². The van der Waals surface area contributed by atoms with Crippen molar-refractivity contribution in [2.75, 3.05) is 13.1 Å². The van der Waals surface area contributed by atoms with E-state index in [1.54, 1.807) is 11.8 Å². The third kappa shape index (κ3) is 1.57. The fraction of sp³-hybridized carbons (Fsp3) is 0.615. The fourth-order valence-electron chi connectivity index (χ4n) is 3.10. The van der Waals surface area contributed by atoms with Gasteiger partial charge in [-0.15, -0.1) is 0 Å². The van der Waals surface area contributed by atoms with Crippen LogP contribution in [0.25, 0.3) is 0 Å². The largest absolute Gasteiger partial charge is 0.338 e. The molecule has 1 saturated carbocycles. The topological polar surface area (TPSA) is 66.1 Å². The number of carbonyl (C=O) groups is 1. The minimum Gasteiger partial charge on any atom is -0.338 e. The highest BCUT2D eigenvalue weighted by atomic mass is 16.2. The highest BCUT2D eigenvalue weighted by molar-refractivity contribution is 5.93. The quantitative estimate of drug-likeness (QED) is 0.846. The molecule has 1 saturated heterocycles. The summed E-state index contributed by atoms with van der Waals surface area (Å²) in [5.41, 5.74) is 0.173. The lowest BCUT2D eigenvalue weighted by atomic mass is 10.0. The Hall–Kier alpha value is -1.65. The summed E-state index contributed by atoms with van der Waals surface area (Å²) < 4.78 is 0. The van der Waals surface area contributed by atoms with Crippen molar-refractivity contribution >= 4 is 5.91 Å². The second-order valence-electron chi connectivity index (χ2n) is 5.51. The van der Waals surface area contributed by atoms with Crippen LogP contribution < -0.4 is 5.56 Å². The van der Waals surface area contributed by atoms with Crippen molar-refractivity contribution < 1.29 is 4.79 Å². The first-order chi connectivity index (χ1) is 8.55. The van der Waals surface area contributed by atoms with Crippen molar-refractivity contribution in [3.05, 3.63) is 27.9 Å². The Balaban J connectivity index is 1.82. The van der Waals surface area contributed by atoms with Gasteiger partial charge in [-0.1, -0.05) is 6.92 Å². The van der Waals surface area contributed by atoms with Gasteiger partial charge in [0.1, 0.15) is 11.4 Å². The molecule has 1 amide bonds. The maximum atomic E-state index is 12.3. The molecule has 1 aliphatic carbocycles. The first kappa shape index (κ1) is 11.4. The number of carbonyl (C=O) groups excluding carboxylic acids is 1. The number of nitrogens with one attached hydrogen (secondary N) is 1. The number of amides is 1. The van der Waals surface area contributed by atoms with Gasteiger partial charge in [-0.2, -0.15) is 0 Å². The van der Waals surface area contributed by atoms with Gasteiger partial charge in [0.15, 0.2) is 0 Å². The first-order valence-electron chi connectivity index (χ1n) is 6.41. The van der Waals surface area contributed by atoms with Gasteiger partial charge in [0.25, 0.3) is 11.5 Å². The van der Waals surface area contributed by atoms with Crippen molar-refractivity contribution in [2.24, 2.45) is 11.3 Å². The van der Waals surface area contributed by atoms with Crippen LogP contribution in [0, 0.1) is 18.3 Å². The van der Waals surface area contributed by atoms with Crippen LogP contribution in [0.3, 0.4) is 0 Å². The Bertz CT molecular complexity index is 562. The van der Waals surface area contributed by atoms with Crippen molar-refractivity contribution in [2.45, 2.75) is 26.7 Å². The maximum Gasteiger partial charge on any atom is 0.263 e. The summed E-state index contributed by atoms with van der Waals surface area (Å²) in [5, 5.41) is 0. The summed E-state index contributed by atoms with van der Waals surface area (Å²) in [6.45, 7) is 5.46. The standard InChI is InChI=1S/C13H17N3O2/c1-3-13-4-9(13)6-16(7-13)12(18)10-5-14-8(2)15-11(10)17/h5,9H,3-4,6-7H2,1-2H3,(H,14,15,17). The van der Waals surface area contributed by atoms with Gasteiger partial charge in [0.05, 0.1) is 0 Å². The van der Waals surface area contributed by atoms with Crippen LogP contribution in [0.4, 0.5) is 0 Å². The molecule has 1 aromatic rings. The molecule has 1 aliphatic heterocycles. The second-order valence-corrected chi connectivity index (χ2v) is 5.51. The number of nitrogens with zero attached hydrogens (tertiary/aromatic N) is 2. The van der Waals surface area contributed by atoms with Gasteiger partial charge in [0.2, 0.25) is 0 Å². The van der Waals surface area contributed by atoms with E-state index >= 15 is 0 Å². The van der Waals surface area contributed by atoms with Crippen LogP contribution in [0.1, 0.15) is 35.9 Å². The zero-order valence-corrected chi connectivity index (χ0v) is 10.7. The molecule has 0 bridgehead atoms. The third-order valence-corrected chi connectivity index (χ3v) is 4.45. The number of hydrogen-bond acceptors (Lipinski definition) is 3. The van der Waals surface area contributed by atoms with E-state index in [0.29, 0.717) is 17.2 Å². The van der Waals surface area contributed by atoms with Crippen LogP contribution >= 0.6 is 0 Å². The van der Waals surface area contributed by atoms with E-state index in [2.05, 4.69) is 16.9 Å². The predicted octanol–water partition coefficient (Wildman–Crippen LogP) is 0.950. The molecule has 18 heavy (non-hydrogen) atoms. The predicted molar refractivity (Wildman–Crippen MR) is 66.3 cm³/mol. The van der Waals surface area contributed by atoms with Crippen LogP contribution in [0.5, 0.6) is 0 Å². The zero-order valence-electron chi connectivity index (χ0n) is 10.7. The number of likely N-dealkylation sites (tertiary alicyclic amines) is 1.